The zero-order chi connectivity index (χ0) is 21.5. The monoisotopic (exact) mass is 415 g/mol. The van der Waals surface area contributed by atoms with E-state index in [0.717, 1.165) is 36.8 Å². The number of benzene rings is 2. The van der Waals surface area contributed by atoms with Gasteiger partial charge in [-0.3, -0.25) is 4.79 Å². The molecule has 0 radical (unpaired) electrons. The van der Waals surface area contributed by atoms with Gasteiger partial charge in [0.25, 0.3) is 0 Å². The maximum atomic E-state index is 13.3. The van der Waals surface area contributed by atoms with Gasteiger partial charge in [0.2, 0.25) is 11.7 Å². The average molecular weight is 416 g/mol. The van der Waals surface area contributed by atoms with Gasteiger partial charge in [-0.1, -0.05) is 25.0 Å². The van der Waals surface area contributed by atoms with Crippen molar-refractivity contribution >= 4 is 5.91 Å². The maximum Gasteiger partial charge on any atom is 0.227 e. The number of methoxy groups -OCH3 is 3. The predicted octanol–water partition coefficient (Wildman–Crippen LogP) is 4.41. The first-order chi connectivity index (χ1) is 14.5. The summed E-state index contributed by atoms with van der Waals surface area (Å²) in [5.41, 5.74) is 1.85. The lowest BCUT2D eigenvalue weighted by Crippen LogP contribution is -2.41. The van der Waals surface area contributed by atoms with Crippen LogP contribution in [0.2, 0.25) is 0 Å². The molecule has 2 aromatic rings. The Morgan fingerprint density at radius 3 is 2.10 bits per heavy atom. The molecule has 0 aliphatic heterocycles. The number of amides is 1. The Morgan fingerprint density at radius 1 is 0.967 bits per heavy atom. The molecule has 1 aliphatic carbocycles. The fourth-order valence-electron chi connectivity index (χ4n) is 4.14. The van der Waals surface area contributed by atoms with Crippen molar-refractivity contribution in [3.63, 3.8) is 0 Å². The molecule has 0 heterocycles. The lowest BCUT2D eigenvalue weighted by Gasteiger charge is -2.29. The van der Waals surface area contributed by atoms with Gasteiger partial charge in [0.15, 0.2) is 11.5 Å². The van der Waals surface area contributed by atoms with Crippen molar-refractivity contribution < 1.29 is 23.4 Å². The Hall–Kier alpha value is -2.76. The standard InChI is InChI=1S/C24H30FNO4/c1-28-21-14-18(15-22(29-2)24(21)30-3)16-23(27)26(20-6-4-5-7-20)13-12-17-8-10-19(25)11-9-17/h8-11,14-15,20H,4-7,12-13,16H2,1-3H3. The summed E-state index contributed by atoms with van der Waals surface area (Å²) >= 11 is 0. The molecule has 162 valence electrons. The molecule has 5 nitrogen and oxygen atoms in total. The van der Waals surface area contributed by atoms with E-state index in [9.17, 15) is 9.18 Å². The number of carbonyl (C=O) groups excluding carboxylic acids is 1. The van der Waals surface area contributed by atoms with Crippen LogP contribution in [0.4, 0.5) is 4.39 Å². The quantitative estimate of drug-likeness (QED) is 0.609. The van der Waals surface area contributed by atoms with Crippen molar-refractivity contribution in [2.24, 2.45) is 0 Å². The summed E-state index contributed by atoms with van der Waals surface area (Å²) in [7, 11) is 4.69. The summed E-state index contributed by atoms with van der Waals surface area (Å²) < 4.78 is 29.4. The first kappa shape index (κ1) is 21.9. The van der Waals surface area contributed by atoms with E-state index in [1.807, 2.05) is 17.0 Å². The molecule has 0 aromatic heterocycles. The van der Waals surface area contributed by atoms with Crippen molar-refractivity contribution in [1.82, 2.24) is 4.90 Å². The maximum absolute atomic E-state index is 13.3. The molecule has 3 rings (SSSR count). The third-order valence-electron chi connectivity index (χ3n) is 5.72. The molecular formula is C24H30FNO4. The second-order valence-corrected chi connectivity index (χ2v) is 7.61. The molecule has 1 saturated carbocycles. The van der Waals surface area contributed by atoms with E-state index in [-0.39, 0.29) is 24.2 Å². The molecule has 1 amide bonds. The van der Waals surface area contributed by atoms with E-state index in [4.69, 9.17) is 14.2 Å². The minimum absolute atomic E-state index is 0.0817. The van der Waals surface area contributed by atoms with E-state index in [1.54, 1.807) is 33.5 Å². The highest BCUT2D eigenvalue weighted by atomic mass is 19.1. The van der Waals surface area contributed by atoms with Crippen LogP contribution in [-0.2, 0) is 17.6 Å². The molecule has 1 fully saturated rings. The highest BCUT2D eigenvalue weighted by Gasteiger charge is 2.27. The van der Waals surface area contributed by atoms with E-state index in [1.165, 1.54) is 12.1 Å². The zero-order valence-corrected chi connectivity index (χ0v) is 17.9. The Kier molecular flexibility index (Phi) is 7.55. The Bertz CT molecular complexity index is 822. The molecule has 6 heteroatoms. The molecule has 0 bridgehead atoms. The molecule has 0 N–H and O–H groups in total. The first-order valence-corrected chi connectivity index (χ1v) is 10.4. The molecule has 2 aromatic carbocycles. The number of halogens is 1. The Balaban J connectivity index is 1.76. The number of rotatable bonds is 9. The number of hydrogen-bond acceptors (Lipinski definition) is 4. The minimum atomic E-state index is -0.245. The second-order valence-electron chi connectivity index (χ2n) is 7.61. The topological polar surface area (TPSA) is 48.0 Å². The smallest absolute Gasteiger partial charge is 0.227 e. The minimum Gasteiger partial charge on any atom is -0.493 e. The van der Waals surface area contributed by atoms with Crippen LogP contribution in [-0.4, -0.2) is 44.7 Å². The van der Waals surface area contributed by atoms with Crippen LogP contribution in [0, 0.1) is 5.82 Å². The molecule has 0 unspecified atom stereocenters. The van der Waals surface area contributed by atoms with E-state index < -0.39 is 0 Å². The van der Waals surface area contributed by atoms with Crippen molar-refractivity contribution in [3.8, 4) is 17.2 Å². The van der Waals surface area contributed by atoms with Crippen LogP contribution in [0.5, 0.6) is 17.2 Å². The fraction of sp³-hybridized carbons (Fsp3) is 0.458. The van der Waals surface area contributed by atoms with Gasteiger partial charge in [0.1, 0.15) is 5.82 Å². The summed E-state index contributed by atoms with van der Waals surface area (Å²) in [4.78, 5) is 15.3. The lowest BCUT2D eigenvalue weighted by atomic mass is 10.1. The summed E-state index contributed by atoms with van der Waals surface area (Å²) in [6.07, 6.45) is 5.33. The summed E-state index contributed by atoms with van der Waals surface area (Å²) in [6, 6.07) is 10.4. The van der Waals surface area contributed by atoms with Crippen LogP contribution in [0.25, 0.3) is 0 Å². The largest absolute Gasteiger partial charge is 0.493 e. The number of nitrogens with zero attached hydrogens (tertiary/aromatic N) is 1. The number of carbonyl (C=O) groups is 1. The van der Waals surface area contributed by atoms with Crippen LogP contribution >= 0.6 is 0 Å². The highest BCUT2D eigenvalue weighted by molar-refractivity contribution is 5.79. The number of ether oxygens (including phenoxy) is 3. The van der Waals surface area contributed by atoms with Gasteiger partial charge in [0.05, 0.1) is 27.8 Å². The molecule has 0 spiro atoms. The van der Waals surface area contributed by atoms with Crippen LogP contribution < -0.4 is 14.2 Å². The summed E-state index contributed by atoms with van der Waals surface area (Å²) in [5, 5.41) is 0. The average Bonchev–Trinajstić information content (AvgIpc) is 3.29. The predicted molar refractivity (Wildman–Crippen MR) is 114 cm³/mol. The molecule has 1 aliphatic rings. The van der Waals surface area contributed by atoms with Crippen molar-refractivity contribution in [2.75, 3.05) is 27.9 Å². The van der Waals surface area contributed by atoms with Gasteiger partial charge in [-0.2, -0.15) is 0 Å². The molecule has 0 saturated heterocycles. The van der Waals surface area contributed by atoms with E-state index in [2.05, 4.69) is 0 Å². The highest BCUT2D eigenvalue weighted by Crippen LogP contribution is 2.38. The van der Waals surface area contributed by atoms with Gasteiger partial charge >= 0.3 is 0 Å². The second kappa shape index (κ2) is 10.3. The molecule has 0 atom stereocenters. The lowest BCUT2D eigenvalue weighted by molar-refractivity contribution is -0.132. The van der Waals surface area contributed by atoms with Crippen molar-refractivity contribution in [2.45, 2.75) is 44.6 Å². The summed E-state index contributed by atoms with van der Waals surface area (Å²) in [6.45, 7) is 0.625. The van der Waals surface area contributed by atoms with Crippen LogP contribution in [0.15, 0.2) is 36.4 Å². The fourth-order valence-corrected chi connectivity index (χ4v) is 4.14. The zero-order valence-electron chi connectivity index (χ0n) is 17.9. The third-order valence-corrected chi connectivity index (χ3v) is 5.72. The number of hydrogen-bond donors (Lipinski definition) is 0. The van der Waals surface area contributed by atoms with Crippen molar-refractivity contribution in [1.29, 1.82) is 0 Å². The Morgan fingerprint density at radius 2 is 1.57 bits per heavy atom. The normalized spacial score (nSPS) is 13.9. The van der Waals surface area contributed by atoms with Crippen LogP contribution in [0.1, 0.15) is 36.8 Å². The van der Waals surface area contributed by atoms with Gasteiger partial charge in [-0.05, 0) is 54.7 Å². The van der Waals surface area contributed by atoms with Gasteiger partial charge in [-0.15, -0.1) is 0 Å². The van der Waals surface area contributed by atoms with Crippen molar-refractivity contribution in [3.05, 3.63) is 53.3 Å². The molecule has 30 heavy (non-hydrogen) atoms. The van der Waals surface area contributed by atoms with Crippen LogP contribution in [0.3, 0.4) is 0 Å². The third kappa shape index (κ3) is 5.23. The first-order valence-electron chi connectivity index (χ1n) is 10.4. The van der Waals surface area contributed by atoms with Gasteiger partial charge < -0.3 is 19.1 Å². The van der Waals surface area contributed by atoms with Gasteiger partial charge in [-0.25, -0.2) is 4.39 Å². The summed E-state index contributed by atoms with van der Waals surface area (Å²) in [5.74, 6) is 1.43. The Labute approximate surface area is 177 Å². The SMILES string of the molecule is COc1cc(CC(=O)N(CCc2ccc(F)cc2)C2CCCC2)cc(OC)c1OC. The van der Waals surface area contributed by atoms with Gasteiger partial charge in [0, 0.05) is 12.6 Å². The van der Waals surface area contributed by atoms with E-state index >= 15 is 0 Å². The van der Waals surface area contributed by atoms with E-state index in [0.29, 0.717) is 30.2 Å². The molecular weight excluding hydrogens is 385 g/mol.